The molecule has 3 heteroatoms. The maximum absolute atomic E-state index is 5.89. The number of hydrogen-bond acceptors (Lipinski definition) is 1. The van der Waals surface area contributed by atoms with Crippen LogP contribution in [0.5, 0.6) is 0 Å². The Hall–Kier alpha value is -0.500. The molecule has 1 heterocycles. The van der Waals surface area contributed by atoms with E-state index in [-0.39, 0.29) is 0 Å². The van der Waals surface area contributed by atoms with Crippen molar-refractivity contribution in [3.8, 4) is 11.1 Å². The summed E-state index contributed by atoms with van der Waals surface area (Å²) >= 11 is 13.4. The minimum Gasteiger partial charge on any atom is -0.152 e. The lowest BCUT2D eigenvalue weighted by Crippen LogP contribution is -1.74. The third-order valence-corrected chi connectivity index (χ3v) is 2.84. The van der Waals surface area contributed by atoms with Crippen LogP contribution in [-0.2, 0) is 0 Å². The van der Waals surface area contributed by atoms with E-state index in [0.29, 0.717) is 10.0 Å². The van der Waals surface area contributed by atoms with E-state index in [1.807, 2.05) is 23.6 Å². The van der Waals surface area contributed by atoms with Crippen LogP contribution in [0.4, 0.5) is 0 Å². The number of rotatable bonds is 1. The largest absolute Gasteiger partial charge is 0.152 e. The van der Waals surface area contributed by atoms with Gasteiger partial charge in [-0.05, 0) is 46.2 Å². The van der Waals surface area contributed by atoms with Crippen LogP contribution in [0, 0.1) is 0 Å². The van der Waals surface area contributed by atoms with Crippen LogP contribution in [-0.4, -0.2) is 0 Å². The highest BCUT2D eigenvalue weighted by atomic mass is 35.5. The lowest BCUT2D eigenvalue weighted by molar-refractivity contribution is 1.67. The van der Waals surface area contributed by atoms with E-state index in [9.17, 15) is 0 Å². The second kappa shape index (κ2) is 3.70. The molecule has 0 atom stereocenters. The minimum atomic E-state index is 0.675. The van der Waals surface area contributed by atoms with Gasteiger partial charge < -0.3 is 0 Å². The molecule has 1 aromatic heterocycles. The van der Waals surface area contributed by atoms with Gasteiger partial charge in [-0.2, -0.15) is 11.3 Å². The molecule has 0 unspecified atom stereocenters. The zero-order valence-corrected chi connectivity index (χ0v) is 8.96. The Morgan fingerprint density at radius 3 is 2.15 bits per heavy atom. The molecule has 0 aliphatic rings. The Bertz CT molecular complexity index is 387. The molecule has 0 spiro atoms. The number of hydrogen-bond donors (Lipinski definition) is 0. The average molecular weight is 229 g/mol. The normalized spacial score (nSPS) is 10.3. The predicted octanol–water partition coefficient (Wildman–Crippen LogP) is 4.72. The molecule has 66 valence electrons. The van der Waals surface area contributed by atoms with Gasteiger partial charge in [-0.15, -0.1) is 0 Å². The van der Waals surface area contributed by atoms with E-state index < -0.39 is 0 Å². The number of thiophene rings is 1. The number of benzene rings is 1. The fourth-order valence-corrected chi connectivity index (χ4v) is 2.34. The average Bonchev–Trinajstić information content (AvgIpc) is 2.53. The summed E-state index contributed by atoms with van der Waals surface area (Å²) in [6.45, 7) is 0. The van der Waals surface area contributed by atoms with Crippen LogP contribution in [0.2, 0.25) is 10.0 Å². The summed E-state index contributed by atoms with van der Waals surface area (Å²) in [6, 6.07) is 7.61. The van der Waals surface area contributed by atoms with E-state index in [1.54, 1.807) is 17.4 Å². The lowest BCUT2D eigenvalue weighted by Gasteiger charge is -1.99. The van der Waals surface area contributed by atoms with E-state index >= 15 is 0 Å². The van der Waals surface area contributed by atoms with E-state index in [2.05, 4.69) is 5.38 Å². The highest BCUT2D eigenvalue weighted by Gasteiger charge is 2.00. The Morgan fingerprint density at radius 1 is 0.923 bits per heavy atom. The molecule has 1 aromatic carbocycles. The summed E-state index contributed by atoms with van der Waals surface area (Å²) in [5.41, 5.74) is 2.23. The van der Waals surface area contributed by atoms with E-state index in [1.165, 1.54) is 0 Å². The van der Waals surface area contributed by atoms with Gasteiger partial charge in [-0.1, -0.05) is 23.2 Å². The molecule has 0 saturated heterocycles. The van der Waals surface area contributed by atoms with Crippen molar-refractivity contribution in [2.24, 2.45) is 0 Å². The van der Waals surface area contributed by atoms with Gasteiger partial charge in [-0.25, -0.2) is 0 Å². The summed E-state index contributed by atoms with van der Waals surface area (Å²) in [5.74, 6) is 0. The Kier molecular flexibility index (Phi) is 2.58. The van der Waals surface area contributed by atoms with Gasteiger partial charge in [0.15, 0.2) is 0 Å². The van der Waals surface area contributed by atoms with E-state index in [0.717, 1.165) is 11.1 Å². The molecule has 0 nitrogen and oxygen atoms in total. The first-order valence-electron chi connectivity index (χ1n) is 3.74. The van der Waals surface area contributed by atoms with E-state index in [4.69, 9.17) is 23.2 Å². The van der Waals surface area contributed by atoms with Crippen molar-refractivity contribution < 1.29 is 0 Å². The van der Waals surface area contributed by atoms with Crippen LogP contribution in [0.15, 0.2) is 35.0 Å². The summed E-state index contributed by atoms with van der Waals surface area (Å²) in [7, 11) is 0. The molecule has 0 N–H and O–H groups in total. The zero-order chi connectivity index (χ0) is 9.26. The minimum absolute atomic E-state index is 0.675. The maximum Gasteiger partial charge on any atom is 0.0426 e. The number of halogens is 2. The summed E-state index contributed by atoms with van der Waals surface area (Å²) in [6.07, 6.45) is 0. The summed E-state index contributed by atoms with van der Waals surface area (Å²) in [5, 5.41) is 5.45. The molecular formula is C10H6Cl2S. The first kappa shape index (κ1) is 9.07. The van der Waals surface area contributed by atoms with Crippen LogP contribution in [0.3, 0.4) is 0 Å². The van der Waals surface area contributed by atoms with Gasteiger partial charge in [0.2, 0.25) is 0 Å². The third kappa shape index (κ3) is 2.05. The maximum atomic E-state index is 5.89. The van der Waals surface area contributed by atoms with Crippen molar-refractivity contribution in [3.05, 3.63) is 45.1 Å². The Morgan fingerprint density at radius 2 is 1.62 bits per heavy atom. The molecule has 0 bridgehead atoms. The second-order valence-corrected chi connectivity index (χ2v) is 4.32. The van der Waals surface area contributed by atoms with Gasteiger partial charge in [0, 0.05) is 10.0 Å². The molecule has 0 aliphatic heterocycles. The molecule has 0 amide bonds. The second-order valence-electron chi connectivity index (χ2n) is 2.67. The van der Waals surface area contributed by atoms with Crippen LogP contribution in [0.25, 0.3) is 11.1 Å². The van der Waals surface area contributed by atoms with Crippen molar-refractivity contribution in [2.45, 2.75) is 0 Å². The molecule has 0 fully saturated rings. The molecule has 0 aliphatic carbocycles. The summed E-state index contributed by atoms with van der Waals surface area (Å²) in [4.78, 5) is 0. The van der Waals surface area contributed by atoms with Crippen LogP contribution in [0.1, 0.15) is 0 Å². The highest BCUT2D eigenvalue weighted by Crippen LogP contribution is 2.28. The fraction of sp³-hybridized carbons (Fsp3) is 0. The van der Waals surface area contributed by atoms with Gasteiger partial charge in [0.25, 0.3) is 0 Å². The Labute approximate surface area is 90.7 Å². The smallest absolute Gasteiger partial charge is 0.0426 e. The SMILES string of the molecule is Clc1cc(Cl)cc(-c2ccsc2)c1. The van der Waals surface area contributed by atoms with Gasteiger partial charge >= 0.3 is 0 Å². The molecule has 13 heavy (non-hydrogen) atoms. The van der Waals surface area contributed by atoms with Crippen LogP contribution < -0.4 is 0 Å². The quantitative estimate of drug-likeness (QED) is 0.663. The van der Waals surface area contributed by atoms with Gasteiger partial charge in [-0.3, -0.25) is 0 Å². The van der Waals surface area contributed by atoms with Gasteiger partial charge in [0.05, 0.1) is 0 Å². The molecule has 2 rings (SSSR count). The molecular weight excluding hydrogens is 223 g/mol. The van der Waals surface area contributed by atoms with Crippen molar-refractivity contribution in [2.75, 3.05) is 0 Å². The first-order chi connectivity index (χ1) is 6.25. The zero-order valence-electron chi connectivity index (χ0n) is 6.63. The van der Waals surface area contributed by atoms with Crippen molar-refractivity contribution in [1.82, 2.24) is 0 Å². The highest BCUT2D eigenvalue weighted by molar-refractivity contribution is 7.08. The molecule has 0 saturated carbocycles. The monoisotopic (exact) mass is 228 g/mol. The lowest BCUT2D eigenvalue weighted by atomic mass is 10.1. The fourth-order valence-electron chi connectivity index (χ4n) is 1.15. The molecule has 2 aromatic rings. The third-order valence-electron chi connectivity index (χ3n) is 1.72. The standard InChI is InChI=1S/C10H6Cl2S/c11-9-3-8(4-10(12)5-9)7-1-2-13-6-7/h1-6H. The van der Waals surface area contributed by atoms with Crippen LogP contribution >= 0.6 is 34.5 Å². The van der Waals surface area contributed by atoms with Gasteiger partial charge in [0.1, 0.15) is 0 Å². The molecule has 0 radical (unpaired) electrons. The first-order valence-corrected chi connectivity index (χ1v) is 5.44. The predicted molar refractivity (Wildman–Crippen MR) is 59.8 cm³/mol. The van der Waals surface area contributed by atoms with Crippen molar-refractivity contribution in [1.29, 1.82) is 0 Å². The topological polar surface area (TPSA) is 0 Å². The van der Waals surface area contributed by atoms with Crippen molar-refractivity contribution in [3.63, 3.8) is 0 Å². The van der Waals surface area contributed by atoms with Crippen molar-refractivity contribution >= 4 is 34.5 Å². The Balaban J connectivity index is 2.53. The summed E-state index contributed by atoms with van der Waals surface area (Å²) < 4.78 is 0.